The highest BCUT2D eigenvalue weighted by atomic mass is 19.1. The second kappa shape index (κ2) is 10.9. The minimum atomic E-state index is -0.251. The van der Waals surface area contributed by atoms with E-state index in [1.54, 1.807) is 13.0 Å². The number of likely N-dealkylation sites (N-methyl/N-ethyl adjacent to an activating group) is 1. The zero-order valence-corrected chi connectivity index (χ0v) is 19.3. The molecule has 2 heterocycles. The molecule has 0 spiro atoms. The van der Waals surface area contributed by atoms with Crippen LogP contribution in [0.15, 0.2) is 18.2 Å². The summed E-state index contributed by atoms with van der Waals surface area (Å²) in [6, 6.07) is 5.55. The highest BCUT2D eigenvalue weighted by Gasteiger charge is 2.23. The number of benzene rings is 1. The van der Waals surface area contributed by atoms with Crippen LogP contribution in [0.1, 0.15) is 57.4 Å². The molecule has 8 heteroatoms. The van der Waals surface area contributed by atoms with Gasteiger partial charge >= 0.3 is 0 Å². The van der Waals surface area contributed by atoms with Crippen LogP contribution >= 0.6 is 0 Å². The van der Waals surface area contributed by atoms with Crippen molar-refractivity contribution in [1.82, 2.24) is 19.9 Å². The Morgan fingerprint density at radius 2 is 1.66 bits per heavy atom. The molecule has 1 saturated carbocycles. The summed E-state index contributed by atoms with van der Waals surface area (Å²) in [6.07, 6.45) is 8.88. The lowest BCUT2D eigenvalue weighted by Gasteiger charge is -2.23. The summed E-state index contributed by atoms with van der Waals surface area (Å²) in [5.74, 6) is 1.93. The molecule has 1 aliphatic heterocycles. The molecule has 7 nitrogen and oxygen atoms in total. The molecule has 4 rings (SSSR count). The standard InChI is InChI=1S/C24H36FN7/c1-3-32-13-7-10-20(32)16-27-23-29-22(26-15-18-8-5-4-6-9-18)30-24(31-23)28-19-12-11-17(2)21(25)14-19/h11-12,14,18,20H,3-10,13,15-16H2,1-2H3,(H3,26,27,28,29,30,31). The summed E-state index contributed by atoms with van der Waals surface area (Å²) in [6.45, 7) is 7.84. The fourth-order valence-corrected chi connectivity index (χ4v) is 4.77. The van der Waals surface area contributed by atoms with Crippen LogP contribution in [-0.4, -0.2) is 52.1 Å². The first-order valence-corrected chi connectivity index (χ1v) is 12.1. The number of halogens is 1. The van der Waals surface area contributed by atoms with Gasteiger partial charge in [-0.05, 0) is 69.3 Å². The van der Waals surface area contributed by atoms with Gasteiger partial charge in [-0.3, -0.25) is 4.90 Å². The maximum absolute atomic E-state index is 14.0. The zero-order valence-electron chi connectivity index (χ0n) is 19.3. The van der Waals surface area contributed by atoms with E-state index < -0.39 is 0 Å². The topological polar surface area (TPSA) is 78.0 Å². The van der Waals surface area contributed by atoms with Gasteiger partial charge in [-0.15, -0.1) is 0 Å². The minimum Gasteiger partial charge on any atom is -0.354 e. The number of hydrogen-bond donors (Lipinski definition) is 3. The first kappa shape index (κ1) is 22.7. The van der Waals surface area contributed by atoms with Crippen LogP contribution in [0, 0.1) is 18.7 Å². The summed E-state index contributed by atoms with van der Waals surface area (Å²) in [5, 5.41) is 9.99. The third-order valence-electron chi connectivity index (χ3n) is 6.74. The Morgan fingerprint density at radius 1 is 0.938 bits per heavy atom. The van der Waals surface area contributed by atoms with E-state index in [1.165, 1.54) is 51.0 Å². The molecule has 1 saturated heterocycles. The summed E-state index contributed by atoms with van der Waals surface area (Å²) in [7, 11) is 0. The molecule has 2 fully saturated rings. The molecule has 1 aromatic heterocycles. The predicted molar refractivity (Wildman–Crippen MR) is 128 cm³/mol. The molecular weight excluding hydrogens is 405 g/mol. The van der Waals surface area contributed by atoms with Crippen LogP contribution in [0.5, 0.6) is 0 Å². The Bertz CT molecular complexity index is 885. The molecule has 1 aliphatic carbocycles. The number of rotatable bonds is 9. The first-order chi connectivity index (χ1) is 15.6. The third kappa shape index (κ3) is 6.06. The van der Waals surface area contributed by atoms with Gasteiger partial charge in [0.15, 0.2) is 0 Å². The molecular formula is C24H36FN7. The Hall–Kier alpha value is -2.48. The summed E-state index contributed by atoms with van der Waals surface area (Å²) < 4.78 is 14.0. The van der Waals surface area contributed by atoms with Gasteiger partial charge in [0.25, 0.3) is 0 Å². The SMILES string of the molecule is CCN1CCCC1CNc1nc(NCC2CCCCC2)nc(Nc2ccc(C)c(F)c2)n1. The normalized spacial score (nSPS) is 19.8. The monoisotopic (exact) mass is 441 g/mol. The number of anilines is 4. The van der Waals surface area contributed by atoms with E-state index >= 15 is 0 Å². The van der Waals surface area contributed by atoms with Crippen LogP contribution in [-0.2, 0) is 0 Å². The molecule has 2 aromatic rings. The van der Waals surface area contributed by atoms with E-state index in [9.17, 15) is 4.39 Å². The number of nitrogens with one attached hydrogen (secondary N) is 3. The zero-order chi connectivity index (χ0) is 22.3. The van der Waals surface area contributed by atoms with Crippen molar-refractivity contribution >= 4 is 23.5 Å². The molecule has 32 heavy (non-hydrogen) atoms. The fraction of sp³-hybridized carbons (Fsp3) is 0.625. The molecule has 1 atom stereocenters. The minimum absolute atomic E-state index is 0.251. The van der Waals surface area contributed by atoms with Crippen LogP contribution in [0.2, 0.25) is 0 Å². The summed E-state index contributed by atoms with van der Waals surface area (Å²) in [4.78, 5) is 16.2. The molecule has 0 bridgehead atoms. The van der Waals surface area contributed by atoms with Crippen molar-refractivity contribution in [2.45, 2.75) is 64.8 Å². The van der Waals surface area contributed by atoms with Crippen LogP contribution in [0.3, 0.4) is 0 Å². The lowest BCUT2D eigenvalue weighted by molar-refractivity contribution is 0.277. The van der Waals surface area contributed by atoms with E-state index in [4.69, 9.17) is 0 Å². The highest BCUT2D eigenvalue weighted by molar-refractivity contribution is 5.56. The first-order valence-electron chi connectivity index (χ1n) is 12.1. The molecule has 0 amide bonds. The van der Waals surface area contributed by atoms with Gasteiger partial charge < -0.3 is 16.0 Å². The van der Waals surface area contributed by atoms with Gasteiger partial charge in [-0.25, -0.2) is 4.39 Å². The van der Waals surface area contributed by atoms with Gasteiger partial charge in [-0.1, -0.05) is 32.3 Å². The van der Waals surface area contributed by atoms with Crippen molar-refractivity contribution in [1.29, 1.82) is 0 Å². The molecule has 1 unspecified atom stereocenters. The van der Waals surface area contributed by atoms with Crippen molar-refractivity contribution < 1.29 is 4.39 Å². The lowest BCUT2D eigenvalue weighted by atomic mass is 9.89. The Balaban J connectivity index is 1.47. The fourth-order valence-electron chi connectivity index (χ4n) is 4.77. The Labute approximate surface area is 190 Å². The van der Waals surface area contributed by atoms with Crippen molar-refractivity contribution in [3.8, 4) is 0 Å². The molecule has 2 aliphatic rings. The van der Waals surface area contributed by atoms with E-state index in [1.807, 2.05) is 6.07 Å². The molecule has 3 N–H and O–H groups in total. The number of aromatic nitrogens is 3. The van der Waals surface area contributed by atoms with E-state index in [0.717, 1.165) is 26.2 Å². The number of nitrogens with zero attached hydrogens (tertiary/aromatic N) is 4. The highest BCUT2D eigenvalue weighted by Crippen LogP contribution is 2.24. The van der Waals surface area contributed by atoms with Crippen molar-refractivity contribution in [2.24, 2.45) is 5.92 Å². The number of hydrogen-bond acceptors (Lipinski definition) is 7. The second-order valence-electron chi connectivity index (χ2n) is 9.09. The van der Waals surface area contributed by atoms with Gasteiger partial charge in [0.05, 0.1) is 0 Å². The van der Waals surface area contributed by atoms with Gasteiger partial charge in [0.2, 0.25) is 17.8 Å². The van der Waals surface area contributed by atoms with Crippen LogP contribution in [0.25, 0.3) is 0 Å². The third-order valence-corrected chi connectivity index (χ3v) is 6.74. The predicted octanol–water partition coefficient (Wildman–Crippen LogP) is 4.95. The van der Waals surface area contributed by atoms with Crippen molar-refractivity contribution in [3.05, 3.63) is 29.6 Å². The Kier molecular flexibility index (Phi) is 7.73. The number of aryl methyl sites for hydroxylation is 1. The van der Waals surface area contributed by atoms with Gasteiger partial charge in [0.1, 0.15) is 5.82 Å². The quantitative estimate of drug-likeness (QED) is 0.508. The average Bonchev–Trinajstić information content (AvgIpc) is 3.27. The molecule has 1 aromatic carbocycles. The van der Waals surface area contributed by atoms with Crippen molar-refractivity contribution in [3.63, 3.8) is 0 Å². The van der Waals surface area contributed by atoms with Gasteiger partial charge in [0, 0.05) is 24.8 Å². The molecule has 0 radical (unpaired) electrons. The second-order valence-corrected chi connectivity index (χ2v) is 9.09. The van der Waals surface area contributed by atoms with E-state index in [-0.39, 0.29) is 5.82 Å². The van der Waals surface area contributed by atoms with Crippen molar-refractivity contribution in [2.75, 3.05) is 42.1 Å². The summed E-state index contributed by atoms with van der Waals surface area (Å²) in [5.41, 5.74) is 1.23. The Morgan fingerprint density at radius 3 is 2.38 bits per heavy atom. The smallest absolute Gasteiger partial charge is 0.233 e. The molecule has 174 valence electrons. The van der Waals surface area contributed by atoms with E-state index in [2.05, 4.69) is 42.7 Å². The maximum Gasteiger partial charge on any atom is 0.233 e. The maximum atomic E-state index is 14.0. The number of likely N-dealkylation sites (tertiary alicyclic amines) is 1. The average molecular weight is 442 g/mol. The largest absolute Gasteiger partial charge is 0.354 e. The van der Waals surface area contributed by atoms with E-state index in [0.29, 0.717) is 41.1 Å². The van der Waals surface area contributed by atoms with Gasteiger partial charge in [-0.2, -0.15) is 15.0 Å². The lowest BCUT2D eigenvalue weighted by Crippen LogP contribution is -2.35. The van der Waals surface area contributed by atoms with Crippen LogP contribution < -0.4 is 16.0 Å². The summed E-state index contributed by atoms with van der Waals surface area (Å²) >= 11 is 0. The van der Waals surface area contributed by atoms with Crippen LogP contribution in [0.4, 0.5) is 27.9 Å².